The van der Waals surface area contributed by atoms with Gasteiger partial charge in [0.15, 0.2) is 5.71 Å². The largest absolute Gasteiger partial charge is 0.464 e. The molecule has 1 aliphatic rings. The van der Waals surface area contributed by atoms with Crippen molar-refractivity contribution in [2.45, 2.75) is 25.3 Å². The lowest BCUT2D eigenvalue weighted by atomic mass is 10.1. The lowest BCUT2D eigenvalue weighted by molar-refractivity contribution is -0.132. The summed E-state index contributed by atoms with van der Waals surface area (Å²) in [6, 6.07) is 19.5. The van der Waals surface area contributed by atoms with Gasteiger partial charge in [-0.1, -0.05) is 60.7 Å². The first kappa shape index (κ1) is 19.6. The van der Waals surface area contributed by atoms with E-state index in [9.17, 15) is 9.59 Å². The van der Waals surface area contributed by atoms with Crippen LogP contribution in [-0.2, 0) is 27.2 Å². The number of esters is 1. The molecule has 146 valence electrons. The van der Waals surface area contributed by atoms with Crippen molar-refractivity contribution in [3.8, 4) is 0 Å². The molecule has 0 radical (unpaired) electrons. The van der Waals surface area contributed by atoms with Crippen molar-refractivity contribution in [1.29, 1.82) is 0 Å². The summed E-state index contributed by atoms with van der Waals surface area (Å²) < 4.78 is 4.84. The summed E-state index contributed by atoms with van der Waals surface area (Å²) in [5.74, 6) is -0.606. The maximum atomic E-state index is 12.4. The Balaban J connectivity index is 1.55. The average molecular weight is 379 g/mol. The first-order chi connectivity index (χ1) is 13.7. The molecule has 6 heteroatoms. The molecule has 1 heterocycles. The van der Waals surface area contributed by atoms with E-state index in [2.05, 4.69) is 22.6 Å². The Morgan fingerprint density at radius 1 is 1.04 bits per heavy atom. The van der Waals surface area contributed by atoms with Gasteiger partial charge >= 0.3 is 5.97 Å². The van der Waals surface area contributed by atoms with Gasteiger partial charge in [0.2, 0.25) is 5.91 Å². The molecular weight excluding hydrogens is 354 g/mol. The lowest BCUT2D eigenvalue weighted by Crippen LogP contribution is -2.45. The van der Waals surface area contributed by atoms with E-state index in [-0.39, 0.29) is 11.6 Å². The number of amides is 1. The summed E-state index contributed by atoms with van der Waals surface area (Å²) in [6.45, 7) is 1.13. The molecule has 28 heavy (non-hydrogen) atoms. The van der Waals surface area contributed by atoms with Crippen LogP contribution in [0.4, 0.5) is 0 Å². The normalized spacial score (nSPS) is 15.8. The molecular formula is C22H25N3O3. The van der Waals surface area contributed by atoms with Gasteiger partial charge in [-0.2, -0.15) is 5.10 Å². The Morgan fingerprint density at radius 2 is 1.64 bits per heavy atom. The molecule has 2 aromatic carbocycles. The maximum absolute atomic E-state index is 12.4. The lowest BCUT2D eigenvalue weighted by Gasteiger charge is -2.17. The van der Waals surface area contributed by atoms with Crippen molar-refractivity contribution < 1.29 is 14.3 Å². The number of rotatable bonds is 8. The van der Waals surface area contributed by atoms with E-state index in [1.165, 1.54) is 12.7 Å². The third-order valence-electron chi connectivity index (χ3n) is 4.69. The van der Waals surface area contributed by atoms with Gasteiger partial charge in [0.05, 0.1) is 19.7 Å². The quantitative estimate of drug-likeness (QED) is 0.714. The Hall–Kier alpha value is -3.15. The van der Waals surface area contributed by atoms with Gasteiger partial charge in [0, 0.05) is 13.0 Å². The van der Waals surface area contributed by atoms with E-state index >= 15 is 0 Å². The van der Waals surface area contributed by atoms with E-state index in [0.29, 0.717) is 25.9 Å². The Bertz CT molecular complexity index is 821. The highest BCUT2D eigenvalue weighted by atomic mass is 16.5. The molecule has 3 rings (SSSR count). The molecule has 0 spiro atoms. The molecule has 0 saturated heterocycles. The predicted octanol–water partition coefficient (Wildman–Crippen LogP) is 2.19. The maximum Gasteiger partial charge on any atom is 0.356 e. The van der Waals surface area contributed by atoms with Crippen molar-refractivity contribution >= 4 is 17.6 Å². The number of ether oxygens (including phenoxy) is 1. The molecule has 0 saturated carbocycles. The number of benzene rings is 2. The van der Waals surface area contributed by atoms with Crippen LogP contribution in [-0.4, -0.2) is 48.8 Å². The van der Waals surface area contributed by atoms with Crippen LogP contribution in [0.2, 0.25) is 0 Å². The average Bonchev–Trinajstić information content (AvgIpc) is 3.14. The first-order valence-electron chi connectivity index (χ1n) is 9.44. The molecule has 2 aromatic rings. The molecule has 6 nitrogen and oxygen atoms in total. The van der Waals surface area contributed by atoms with Crippen LogP contribution in [0.25, 0.3) is 0 Å². The second-order valence-electron chi connectivity index (χ2n) is 6.73. The highest BCUT2D eigenvalue weighted by molar-refractivity contribution is 6.39. The van der Waals surface area contributed by atoms with Crippen LogP contribution in [0.15, 0.2) is 65.8 Å². The molecule has 1 N–H and O–H groups in total. The monoisotopic (exact) mass is 379 g/mol. The van der Waals surface area contributed by atoms with Crippen LogP contribution < -0.4 is 5.32 Å². The van der Waals surface area contributed by atoms with Crippen molar-refractivity contribution in [3.05, 3.63) is 71.8 Å². The fraction of sp³-hybridized carbons (Fsp3) is 0.318. The Morgan fingerprint density at radius 3 is 2.25 bits per heavy atom. The minimum Gasteiger partial charge on any atom is -0.464 e. The molecule has 1 amide bonds. The second kappa shape index (κ2) is 9.69. The molecule has 0 aromatic heterocycles. The third kappa shape index (κ3) is 5.42. The van der Waals surface area contributed by atoms with Crippen LogP contribution in [0.3, 0.4) is 0 Å². The minimum absolute atomic E-state index is 0.102. The number of hydrogen-bond donors (Lipinski definition) is 1. The minimum atomic E-state index is -0.504. The standard InChI is InChI=1S/C22H25N3O3/c1-28-22(27)21-19(23-20(26)13-12-17-8-4-2-5-9-17)16-25(24-21)15-14-18-10-6-3-7-11-18/h2-11,19H,12-16H2,1H3,(H,23,26). The Labute approximate surface area is 165 Å². The third-order valence-corrected chi connectivity index (χ3v) is 4.69. The van der Waals surface area contributed by atoms with Crippen molar-refractivity contribution in [1.82, 2.24) is 10.3 Å². The predicted molar refractivity (Wildman–Crippen MR) is 108 cm³/mol. The fourth-order valence-electron chi connectivity index (χ4n) is 3.17. The van der Waals surface area contributed by atoms with E-state index in [1.54, 1.807) is 0 Å². The summed E-state index contributed by atoms with van der Waals surface area (Å²) in [5.41, 5.74) is 2.56. The highest BCUT2D eigenvalue weighted by Gasteiger charge is 2.33. The van der Waals surface area contributed by atoms with Crippen LogP contribution in [0.5, 0.6) is 0 Å². The van der Waals surface area contributed by atoms with Gasteiger partial charge in [-0.15, -0.1) is 0 Å². The van der Waals surface area contributed by atoms with Gasteiger partial charge in [-0.05, 0) is 24.0 Å². The topological polar surface area (TPSA) is 71.0 Å². The fourth-order valence-corrected chi connectivity index (χ4v) is 3.17. The zero-order valence-corrected chi connectivity index (χ0v) is 16.0. The van der Waals surface area contributed by atoms with Gasteiger partial charge in [0.1, 0.15) is 0 Å². The first-order valence-corrected chi connectivity index (χ1v) is 9.44. The summed E-state index contributed by atoms with van der Waals surface area (Å²) in [4.78, 5) is 24.5. The zero-order valence-electron chi connectivity index (χ0n) is 16.0. The van der Waals surface area contributed by atoms with Crippen molar-refractivity contribution in [2.75, 3.05) is 20.2 Å². The smallest absolute Gasteiger partial charge is 0.356 e. The summed E-state index contributed by atoms with van der Waals surface area (Å²) in [6.07, 6.45) is 1.83. The van der Waals surface area contributed by atoms with Gasteiger partial charge in [-0.25, -0.2) is 4.79 Å². The number of carbonyl (C=O) groups is 2. The second-order valence-corrected chi connectivity index (χ2v) is 6.73. The highest BCUT2D eigenvalue weighted by Crippen LogP contribution is 2.11. The number of aryl methyl sites for hydroxylation is 1. The Kier molecular flexibility index (Phi) is 6.78. The number of carbonyl (C=O) groups excluding carboxylic acids is 2. The number of hydrazone groups is 1. The summed E-state index contributed by atoms with van der Waals surface area (Å²) in [7, 11) is 1.33. The van der Waals surface area contributed by atoms with Crippen LogP contribution >= 0.6 is 0 Å². The van der Waals surface area contributed by atoms with Gasteiger partial charge < -0.3 is 10.1 Å². The van der Waals surface area contributed by atoms with E-state index in [1.807, 2.05) is 53.5 Å². The van der Waals surface area contributed by atoms with E-state index in [4.69, 9.17) is 4.74 Å². The molecule has 0 bridgehead atoms. The molecule has 0 aliphatic carbocycles. The summed E-state index contributed by atoms with van der Waals surface area (Å²) in [5, 5.41) is 9.14. The number of methoxy groups -OCH3 is 1. The molecule has 1 unspecified atom stereocenters. The van der Waals surface area contributed by atoms with E-state index in [0.717, 1.165) is 12.0 Å². The SMILES string of the molecule is COC(=O)C1=NN(CCc2ccccc2)CC1NC(=O)CCc1ccccc1. The molecule has 1 aliphatic heterocycles. The van der Waals surface area contributed by atoms with Crippen molar-refractivity contribution in [3.63, 3.8) is 0 Å². The number of nitrogens with zero attached hydrogens (tertiary/aromatic N) is 2. The summed E-state index contributed by atoms with van der Waals surface area (Å²) >= 11 is 0. The number of nitrogens with one attached hydrogen (secondary N) is 1. The van der Waals surface area contributed by atoms with Gasteiger partial charge in [0.25, 0.3) is 0 Å². The van der Waals surface area contributed by atoms with E-state index < -0.39 is 12.0 Å². The molecule has 1 atom stereocenters. The van der Waals surface area contributed by atoms with Gasteiger partial charge in [-0.3, -0.25) is 9.80 Å². The molecule has 0 fully saturated rings. The van der Waals surface area contributed by atoms with Crippen LogP contribution in [0.1, 0.15) is 17.5 Å². The number of hydrogen-bond acceptors (Lipinski definition) is 5. The van der Waals surface area contributed by atoms with Crippen LogP contribution in [0, 0.1) is 0 Å². The zero-order chi connectivity index (χ0) is 19.8. The van der Waals surface area contributed by atoms with Crippen molar-refractivity contribution in [2.24, 2.45) is 5.10 Å².